The van der Waals surface area contributed by atoms with Crippen LogP contribution in [0.4, 0.5) is 15.9 Å². The molecule has 1 unspecified atom stereocenters. The summed E-state index contributed by atoms with van der Waals surface area (Å²) in [5.41, 5.74) is 1.16. The van der Waals surface area contributed by atoms with Crippen molar-refractivity contribution in [2.45, 2.75) is 9.79 Å². The van der Waals surface area contributed by atoms with Gasteiger partial charge < -0.3 is 5.32 Å². The van der Waals surface area contributed by atoms with Gasteiger partial charge in [0.25, 0.3) is 5.91 Å². The van der Waals surface area contributed by atoms with E-state index in [1.54, 1.807) is 28.0 Å². The molecule has 0 bridgehead atoms. The number of carbonyl (C=O) groups is 1. The molecule has 0 saturated carbocycles. The van der Waals surface area contributed by atoms with Gasteiger partial charge in [0, 0.05) is 22.4 Å². The SMILES string of the molecule is O=C(Nc1ccc(F)cn1)c1ccc(N2Sc3ccccc3S2=O)cc1. The van der Waals surface area contributed by atoms with Crippen LogP contribution in [0.25, 0.3) is 0 Å². The average Bonchev–Trinajstić information content (AvgIpc) is 3.01. The van der Waals surface area contributed by atoms with Crippen molar-refractivity contribution in [3.8, 4) is 0 Å². The van der Waals surface area contributed by atoms with Crippen molar-refractivity contribution in [2.75, 3.05) is 9.03 Å². The quantitative estimate of drug-likeness (QED) is 0.692. The summed E-state index contributed by atoms with van der Waals surface area (Å²) in [6.07, 6.45) is 1.04. The Morgan fingerprint density at radius 2 is 1.85 bits per heavy atom. The molecule has 1 aliphatic heterocycles. The third kappa shape index (κ3) is 3.21. The number of rotatable bonds is 3. The first-order valence-corrected chi connectivity index (χ1v) is 9.52. The number of aromatic nitrogens is 1. The van der Waals surface area contributed by atoms with E-state index in [9.17, 15) is 13.4 Å². The fraction of sp³-hybridized carbons (Fsp3) is 0. The number of amides is 1. The molecular weight excluding hydrogens is 373 g/mol. The van der Waals surface area contributed by atoms with Crippen molar-refractivity contribution in [1.29, 1.82) is 0 Å². The molecule has 8 heteroatoms. The number of carbonyl (C=O) groups excluding carboxylic acids is 1. The number of anilines is 2. The van der Waals surface area contributed by atoms with E-state index in [1.807, 2.05) is 24.3 Å². The van der Waals surface area contributed by atoms with Gasteiger partial charge in [-0.3, -0.25) is 4.79 Å². The molecular formula is C18H12FN3O2S2. The molecule has 0 saturated heterocycles. The van der Waals surface area contributed by atoms with Crippen molar-refractivity contribution in [3.05, 3.63) is 78.2 Å². The summed E-state index contributed by atoms with van der Waals surface area (Å²) in [6.45, 7) is 0. The van der Waals surface area contributed by atoms with Crippen LogP contribution in [0.1, 0.15) is 10.4 Å². The van der Waals surface area contributed by atoms with Gasteiger partial charge in [-0.05, 0) is 48.5 Å². The molecule has 1 aromatic heterocycles. The minimum absolute atomic E-state index is 0.270. The summed E-state index contributed by atoms with van der Waals surface area (Å²) in [4.78, 5) is 17.8. The topological polar surface area (TPSA) is 62.3 Å². The fourth-order valence-corrected chi connectivity index (χ4v) is 5.11. The van der Waals surface area contributed by atoms with Gasteiger partial charge in [0.2, 0.25) is 0 Å². The molecule has 1 atom stereocenters. The lowest BCUT2D eigenvalue weighted by atomic mass is 10.2. The largest absolute Gasteiger partial charge is 0.307 e. The molecule has 26 heavy (non-hydrogen) atoms. The van der Waals surface area contributed by atoms with Gasteiger partial charge in [0.1, 0.15) is 11.6 Å². The van der Waals surface area contributed by atoms with E-state index in [2.05, 4.69) is 10.3 Å². The maximum absolute atomic E-state index is 12.9. The number of hydrogen-bond donors (Lipinski definition) is 1. The number of pyridine rings is 1. The number of halogens is 1. The van der Waals surface area contributed by atoms with Crippen LogP contribution in [0.2, 0.25) is 0 Å². The Labute approximate surface area is 156 Å². The zero-order valence-corrected chi connectivity index (χ0v) is 14.9. The van der Waals surface area contributed by atoms with E-state index >= 15 is 0 Å². The van der Waals surface area contributed by atoms with Gasteiger partial charge in [-0.25, -0.2) is 17.3 Å². The van der Waals surface area contributed by atoms with Crippen LogP contribution in [0, 0.1) is 5.82 Å². The molecule has 4 rings (SSSR count). The molecule has 2 aromatic carbocycles. The summed E-state index contributed by atoms with van der Waals surface area (Å²) in [5, 5.41) is 2.60. The molecule has 1 aliphatic rings. The van der Waals surface area contributed by atoms with Crippen LogP contribution in [-0.2, 0) is 11.0 Å². The van der Waals surface area contributed by atoms with Crippen molar-refractivity contribution >= 4 is 40.3 Å². The molecule has 5 nitrogen and oxygen atoms in total. The zero-order chi connectivity index (χ0) is 18.1. The van der Waals surface area contributed by atoms with E-state index in [1.165, 1.54) is 24.1 Å². The third-order valence-corrected chi connectivity index (χ3v) is 6.61. The number of fused-ring (bicyclic) bond motifs is 1. The van der Waals surface area contributed by atoms with Crippen LogP contribution in [0.5, 0.6) is 0 Å². The average molecular weight is 385 g/mol. The minimum Gasteiger partial charge on any atom is -0.307 e. The maximum atomic E-state index is 12.9. The molecule has 1 amide bonds. The first-order valence-electron chi connectivity index (χ1n) is 7.64. The lowest BCUT2D eigenvalue weighted by molar-refractivity contribution is 0.102. The second-order valence-corrected chi connectivity index (χ2v) is 7.93. The van der Waals surface area contributed by atoms with Gasteiger partial charge in [0.15, 0.2) is 11.0 Å². The monoisotopic (exact) mass is 385 g/mol. The predicted molar refractivity (Wildman–Crippen MR) is 99.8 cm³/mol. The highest BCUT2D eigenvalue weighted by Gasteiger charge is 2.28. The molecule has 130 valence electrons. The summed E-state index contributed by atoms with van der Waals surface area (Å²) >= 11 is 1.40. The van der Waals surface area contributed by atoms with E-state index in [0.717, 1.165) is 21.7 Å². The Morgan fingerprint density at radius 3 is 2.54 bits per heavy atom. The van der Waals surface area contributed by atoms with E-state index < -0.39 is 16.8 Å². The molecule has 0 radical (unpaired) electrons. The van der Waals surface area contributed by atoms with Crippen molar-refractivity contribution in [1.82, 2.24) is 4.98 Å². The normalized spacial score (nSPS) is 15.6. The lowest BCUT2D eigenvalue weighted by Gasteiger charge is -2.14. The smallest absolute Gasteiger partial charge is 0.256 e. The fourth-order valence-electron chi connectivity index (χ4n) is 2.40. The van der Waals surface area contributed by atoms with Gasteiger partial charge in [-0.15, -0.1) is 0 Å². The van der Waals surface area contributed by atoms with Crippen LogP contribution in [0.15, 0.2) is 76.7 Å². The predicted octanol–water partition coefficient (Wildman–Crippen LogP) is 4.02. The Balaban J connectivity index is 1.50. The van der Waals surface area contributed by atoms with Crippen LogP contribution >= 0.6 is 11.9 Å². The molecule has 0 aliphatic carbocycles. The summed E-state index contributed by atoms with van der Waals surface area (Å²) < 4.78 is 27.1. The molecule has 3 aromatic rings. The highest BCUT2D eigenvalue weighted by molar-refractivity contribution is 8.14. The van der Waals surface area contributed by atoms with Crippen LogP contribution in [-0.4, -0.2) is 15.1 Å². The highest BCUT2D eigenvalue weighted by atomic mass is 32.2. The maximum Gasteiger partial charge on any atom is 0.256 e. The first-order chi connectivity index (χ1) is 12.6. The number of nitrogens with zero attached hydrogens (tertiary/aromatic N) is 2. The number of benzene rings is 2. The van der Waals surface area contributed by atoms with Gasteiger partial charge in [-0.1, -0.05) is 12.1 Å². The van der Waals surface area contributed by atoms with Crippen molar-refractivity contribution in [3.63, 3.8) is 0 Å². The Morgan fingerprint density at radius 1 is 1.08 bits per heavy atom. The number of hydrogen-bond acceptors (Lipinski definition) is 4. The van der Waals surface area contributed by atoms with Crippen molar-refractivity contribution in [2.24, 2.45) is 0 Å². The van der Waals surface area contributed by atoms with E-state index in [4.69, 9.17) is 0 Å². The van der Waals surface area contributed by atoms with Gasteiger partial charge in [0.05, 0.1) is 16.8 Å². The zero-order valence-electron chi connectivity index (χ0n) is 13.3. The van der Waals surface area contributed by atoms with E-state index in [-0.39, 0.29) is 11.7 Å². The van der Waals surface area contributed by atoms with Crippen LogP contribution < -0.4 is 9.03 Å². The second-order valence-electron chi connectivity index (χ2n) is 5.41. The molecule has 2 heterocycles. The Hall–Kier alpha value is -2.71. The van der Waals surface area contributed by atoms with Gasteiger partial charge in [-0.2, -0.15) is 0 Å². The Bertz CT molecular complexity index is 994. The summed E-state index contributed by atoms with van der Waals surface area (Å²) in [6, 6.07) is 16.9. The second kappa shape index (κ2) is 6.89. The third-order valence-electron chi connectivity index (χ3n) is 3.68. The minimum atomic E-state index is -1.29. The molecule has 1 N–H and O–H groups in total. The van der Waals surface area contributed by atoms with Crippen molar-refractivity contribution < 1.29 is 13.4 Å². The first kappa shape index (κ1) is 16.7. The van der Waals surface area contributed by atoms with Crippen LogP contribution in [0.3, 0.4) is 0 Å². The molecule has 0 spiro atoms. The van der Waals surface area contributed by atoms with E-state index in [0.29, 0.717) is 5.56 Å². The number of nitrogens with one attached hydrogen (secondary N) is 1. The highest BCUT2D eigenvalue weighted by Crippen LogP contribution is 2.42. The molecule has 0 fully saturated rings. The summed E-state index contributed by atoms with van der Waals surface area (Å²) in [5.74, 6) is -0.550. The Kier molecular flexibility index (Phi) is 4.44. The summed E-state index contributed by atoms with van der Waals surface area (Å²) in [7, 11) is -1.29. The van der Waals surface area contributed by atoms with Gasteiger partial charge >= 0.3 is 0 Å². The lowest BCUT2D eigenvalue weighted by Crippen LogP contribution is -2.14. The standard InChI is InChI=1S/C18H12FN3O2S2/c19-13-7-10-17(20-11-13)21-18(23)12-5-8-14(9-6-12)22-25-15-3-1-2-4-16(15)26(22)24/h1-11H,(H,20,21,23).